The van der Waals surface area contributed by atoms with E-state index in [1.807, 2.05) is 6.92 Å². The first kappa shape index (κ1) is 16.2. The maximum Gasteiger partial charge on any atom is 0.256 e. The summed E-state index contributed by atoms with van der Waals surface area (Å²) < 4.78 is 30.6. The molecule has 0 unspecified atom stereocenters. The fourth-order valence-corrected chi connectivity index (χ4v) is 3.19. The number of carbonyl (C=O) groups excluding carboxylic acids is 1. The van der Waals surface area contributed by atoms with Gasteiger partial charge in [0.15, 0.2) is 5.82 Å². The SMILES string of the molecule is CCCN(C)S(=O)(=O)c1cccc(C(=O)Nc2ccon2)c1. The Hall–Kier alpha value is -2.19. The Morgan fingerprint density at radius 2 is 2.14 bits per heavy atom. The molecule has 1 amide bonds. The van der Waals surface area contributed by atoms with Gasteiger partial charge < -0.3 is 9.84 Å². The highest BCUT2D eigenvalue weighted by Crippen LogP contribution is 2.17. The third kappa shape index (κ3) is 3.52. The maximum absolute atomic E-state index is 12.4. The number of aromatic nitrogens is 1. The van der Waals surface area contributed by atoms with Crippen LogP contribution in [0.5, 0.6) is 0 Å². The normalized spacial score (nSPS) is 11.6. The van der Waals surface area contributed by atoms with E-state index in [0.717, 1.165) is 0 Å². The Morgan fingerprint density at radius 3 is 2.77 bits per heavy atom. The number of carbonyl (C=O) groups is 1. The van der Waals surface area contributed by atoms with E-state index in [2.05, 4.69) is 15.0 Å². The number of nitrogens with zero attached hydrogens (tertiary/aromatic N) is 2. The van der Waals surface area contributed by atoms with Gasteiger partial charge in [0.05, 0.1) is 4.90 Å². The smallest absolute Gasteiger partial charge is 0.256 e. The highest BCUT2D eigenvalue weighted by atomic mass is 32.2. The fraction of sp³-hybridized carbons (Fsp3) is 0.286. The average Bonchev–Trinajstić information content (AvgIpc) is 3.00. The van der Waals surface area contributed by atoms with Crippen LogP contribution < -0.4 is 5.32 Å². The molecule has 0 fully saturated rings. The first-order valence-electron chi connectivity index (χ1n) is 6.73. The molecular formula is C14H17N3O4S. The number of hydrogen-bond acceptors (Lipinski definition) is 5. The van der Waals surface area contributed by atoms with E-state index < -0.39 is 15.9 Å². The second-order valence-electron chi connectivity index (χ2n) is 4.69. The van der Waals surface area contributed by atoms with Gasteiger partial charge in [0.1, 0.15) is 6.26 Å². The van der Waals surface area contributed by atoms with Crippen molar-refractivity contribution < 1.29 is 17.7 Å². The number of anilines is 1. The number of hydrogen-bond donors (Lipinski definition) is 1. The molecule has 0 aliphatic carbocycles. The minimum atomic E-state index is -3.60. The molecule has 1 heterocycles. The van der Waals surface area contributed by atoms with E-state index >= 15 is 0 Å². The molecule has 0 atom stereocenters. The lowest BCUT2D eigenvalue weighted by Gasteiger charge is -2.16. The molecule has 1 aromatic heterocycles. The summed E-state index contributed by atoms with van der Waals surface area (Å²) in [4.78, 5) is 12.2. The molecule has 0 saturated carbocycles. The van der Waals surface area contributed by atoms with Crippen LogP contribution in [0.3, 0.4) is 0 Å². The highest BCUT2D eigenvalue weighted by molar-refractivity contribution is 7.89. The van der Waals surface area contributed by atoms with Crippen molar-refractivity contribution in [2.45, 2.75) is 18.2 Å². The number of sulfonamides is 1. The molecule has 0 bridgehead atoms. The molecule has 22 heavy (non-hydrogen) atoms. The van der Waals surface area contributed by atoms with Gasteiger partial charge in [0.2, 0.25) is 10.0 Å². The van der Waals surface area contributed by atoms with E-state index in [9.17, 15) is 13.2 Å². The minimum Gasteiger partial charge on any atom is -0.363 e. The Kier molecular flexibility index (Phi) is 4.94. The molecule has 7 nitrogen and oxygen atoms in total. The van der Waals surface area contributed by atoms with Crippen molar-refractivity contribution in [2.75, 3.05) is 18.9 Å². The molecule has 8 heteroatoms. The molecule has 0 spiro atoms. The summed E-state index contributed by atoms with van der Waals surface area (Å²) in [6, 6.07) is 7.37. The summed E-state index contributed by atoms with van der Waals surface area (Å²) >= 11 is 0. The van der Waals surface area contributed by atoms with E-state index in [0.29, 0.717) is 13.0 Å². The van der Waals surface area contributed by atoms with Crippen LogP contribution in [0.15, 0.2) is 46.0 Å². The largest absolute Gasteiger partial charge is 0.363 e. The van der Waals surface area contributed by atoms with Crippen molar-refractivity contribution in [1.82, 2.24) is 9.46 Å². The predicted molar refractivity (Wildman–Crippen MR) is 81.0 cm³/mol. The molecule has 2 aromatic rings. The van der Waals surface area contributed by atoms with Gasteiger partial charge in [0, 0.05) is 25.2 Å². The van der Waals surface area contributed by atoms with Crippen LogP contribution >= 0.6 is 0 Å². The zero-order chi connectivity index (χ0) is 16.2. The summed E-state index contributed by atoms with van der Waals surface area (Å²) in [7, 11) is -2.09. The van der Waals surface area contributed by atoms with Crippen LogP contribution in [-0.4, -0.2) is 37.4 Å². The van der Waals surface area contributed by atoms with Gasteiger partial charge in [0.25, 0.3) is 5.91 Å². The summed E-state index contributed by atoms with van der Waals surface area (Å²) in [6.45, 7) is 2.31. The highest BCUT2D eigenvalue weighted by Gasteiger charge is 2.21. The summed E-state index contributed by atoms with van der Waals surface area (Å²) in [5.74, 6) is -0.189. The number of rotatable bonds is 6. The lowest BCUT2D eigenvalue weighted by molar-refractivity contribution is 0.102. The van der Waals surface area contributed by atoms with Gasteiger partial charge in [-0.25, -0.2) is 12.7 Å². The number of amides is 1. The molecule has 0 aliphatic rings. The third-order valence-corrected chi connectivity index (χ3v) is 4.88. The van der Waals surface area contributed by atoms with Crippen molar-refractivity contribution in [1.29, 1.82) is 0 Å². The Morgan fingerprint density at radius 1 is 1.36 bits per heavy atom. The Labute approximate surface area is 129 Å². The van der Waals surface area contributed by atoms with E-state index in [4.69, 9.17) is 0 Å². The topological polar surface area (TPSA) is 92.5 Å². The molecule has 0 radical (unpaired) electrons. The second kappa shape index (κ2) is 6.71. The van der Waals surface area contributed by atoms with Gasteiger partial charge in [-0.3, -0.25) is 4.79 Å². The first-order chi connectivity index (χ1) is 10.4. The molecule has 2 rings (SSSR count). The molecule has 0 aliphatic heterocycles. The first-order valence-corrected chi connectivity index (χ1v) is 8.17. The fourth-order valence-electron chi connectivity index (χ4n) is 1.88. The van der Waals surface area contributed by atoms with Crippen LogP contribution in [0.4, 0.5) is 5.82 Å². The van der Waals surface area contributed by atoms with Gasteiger partial charge in [-0.2, -0.15) is 0 Å². The van der Waals surface area contributed by atoms with Crippen LogP contribution in [0.2, 0.25) is 0 Å². The third-order valence-electron chi connectivity index (χ3n) is 3.02. The molecule has 1 N–H and O–H groups in total. The number of benzene rings is 1. The van der Waals surface area contributed by atoms with Gasteiger partial charge in [-0.15, -0.1) is 0 Å². The van der Waals surface area contributed by atoms with Crippen molar-refractivity contribution in [3.05, 3.63) is 42.2 Å². The Balaban J connectivity index is 2.24. The summed E-state index contributed by atoms with van der Waals surface area (Å²) in [5.41, 5.74) is 0.231. The van der Waals surface area contributed by atoms with Crippen molar-refractivity contribution in [3.8, 4) is 0 Å². The number of nitrogens with one attached hydrogen (secondary N) is 1. The van der Waals surface area contributed by atoms with Crippen LogP contribution in [-0.2, 0) is 10.0 Å². The quantitative estimate of drug-likeness (QED) is 0.877. The lowest BCUT2D eigenvalue weighted by atomic mass is 10.2. The zero-order valence-corrected chi connectivity index (χ0v) is 13.1. The van der Waals surface area contributed by atoms with E-state index in [-0.39, 0.29) is 16.3 Å². The molecule has 0 saturated heterocycles. The maximum atomic E-state index is 12.4. The second-order valence-corrected chi connectivity index (χ2v) is 6.74. The van der Waals surface area contributed by atoms with Crippen molar-refractivity contribution in [3.63, 3.8) is 0 Å². The molecule has 1 aromatic carbocycles. The van der Waals surface area contributed by atoms with Crippen molar-refractivity contribution in [2.24, 2.45) is 0 Å². The standard InChI is InChI=1S/C14H17N3O4S/c1-3-8-17(2)22(19,20)12-6-4-5-11(10-12)14(18)15-13-7-9-21-16-13/h4-7,9-10H,3,8H2,1-2H3,(H,15,16,18). The van der Waals surface area contributed by atoms with Gasteiger partial charge >= 0.3 is 0 Å². The van der Waals surface area contributed by atoms with Crippen molar-refractivity contribution >= 4 is 21.7 Å². The zero-order valence-electron chi connectivity index (χ0n) is 12.3. The van der Waals surface area contributed by atoms with Gasteiger partial charge in [-0.1, -0.05) is 18.1 Å². The lowest BCUT2D eigenvalue weighted by Crippen LogP contribution is -2.27. The van der Waals surface area contributed by atoms with E-state index in [1.54, 1.807) is 0 Å². The average molecular weight is 323 g/mol. The van der Waals surface area contributed by atoms with Crippen LogP contribution in [0.1, 0.15) is 23.7 Å². The summed E-state index contributed by atoms with van der Waals surface area (Å²) in [5, 5.41) is 6.09. The molecule has 118 valence electrons. The van der Waals surface area contributed by atoms with Crippen LogP contribution in [0, 0.1) is 0 Å². The Bertz CT molecular complexity index is 741. The monoisotopic (exact) mass is 323 g/mol. The van der Waals surface area contributed by atoms with E-state index in [1.165, 1.54) is 47.9 Å². The van der Waals surface area contributed by atoms with Crippen LogP contribution in [0.25, 0.3) is 0 Å². The summed E-state index contributed by atoms with van der Waals surface area (Å²) in [6.07, 6.45) is 2.04. The van der Waals surface area contributed by atoms with Gasteiger partial charge in [-0.05, 0) is 24.6 Å². The predicted octanol–water partition coefficient (Wildman–Crippen LogP) is 1.96. The minimum absolute atomic E-state index is 0.0799. The molecular weight excluding hydrogens is 306 g/mol.